The normalized spacial score (nSPS) is 20.2. The van der Waals surface area contributed by atoms with E-state index in [2.05, 4.69) is 38.5 Å². The zero-order chi connectivity index (χ0) is 18.0. The lowest BCUT2D eigenvalue weighted by atomic mass is 9.99. The van der Waals surface area contributed by atoms with Crippen LogP contribution in [-0.4, -0.2) is 38.5 Å². The van der Waals surface area contributed by atoms with Crippen LogP contribution >= 0.6 is 0 Å². The minimum absolute atomic E-state index is 0.540. The fourth-order valence-corrected chi connectivity index (χ4v) is 3.52. The number of aromatic nitrogens is 3. The fourth-order valence-electron chi connectivity index (χ4n) is 3.52. The van der Waals surface area contributed by atoms with Gasteiger partial charge in [-0.1, -0.05) is 42.5 Å². The van der Waals surface area contributed by atoms with Crippen molar-refractivity contribution in [1.29, 1.82) is 5.26 Å². The van der Waals surface area contributed by atoms with E-state index in [9.17, 15) is 10.4 Å². The Balaban J connectivity index is 1.46. The fraction of sp³-hybridized carbons (Fsp3) is 0.250. The predicted octanol–water partition coefficient (Wildman–Crippen LogP) is 2.44. The summed E-state index contributed by atoms with van der Waals surface area (Å²) in [6.07, 6.45) is 2.23. The Kier molecular flexibility index (Phi) is 4.25. The van der Waals surface area contributed by atoms with Crippen molar-refractivity contribution in [2.24, 2.45) is 0 Å². The molecule has 26 heavy (non-hydrogen) atoms. The summed E-state index contributed by atoms with van der Waals surface area (Å²) >= 11 is 0. The van der Waals surface area contributed by atoms with Gasteiger partial charge in [-0.15, -0.1) is 0 Å². The summed E-state index contributed by atoms with van der Waals surface area (Å²) in [4.78, 5) is 2.22. The summed E-state index contributed by atoms with van der Waals surface area (Å²) in [7, 11) is 0. The first-order valence-electron chi connectivity index (χ1n) is 8.57. The number of hydrogen-bond acceptors (Lipinski definition) is 5. The van der Waals surface area contributed by atoms with Gasteiger partial charge in [-0.25, -0.2) is 0 Å². The molecule has 0 radical (unpaired) electrons. The maximum absolute atomic E-state index is 10.8. The van der Waals surface area contributed by atoms with Crippen LogP contribution in [0.15, 0.2) is 54.7 Å². The van der Waals surface area contributed by atoms with Gasteiger partial charge in [0.2, 0.25) is 0 Å². The first kappa shape index (κ1) is 16.5. The van der Waals surface area contributed by atoms with Crippen LogP contribution in [0.3, 0.4) is 0 Å². The van der Waals surface area contributed by atoms with Gasteiger partial charge < -0.3 is 5.11 Å². The Morgan fingerprint density at radius 3 is 2.73 bits per heavy atom. The molecule has 4 rings (SSSR count). The smallest absolute Gasteiger partial charge is 0.124 e. The summed E-state index contributed by atoms with van der Waals surface area (Å²) in [5, 5.41) is 30.4. The second-order valence-electron chi connectivity index (χ2n) is 6.70. The summed E-state index contributed by atoms with van der Waals surface area (Å²) < 4.78 is 0. The van der Waals surface area contributed by atoms with Gasteiger partial charge in [0.1, 0.15) is 11.3 Å². The molecule has 0 saturated carbocycles. The highest BCUT2D eigenvalue weighted by Crippen LogP contribution is 2.31. The van der Waals surface area contributed by atoms with E-state index in [0.717, 1.165) is 24.2 Å². The van der Waals surface area contributed by atoms with E-state index in [1.807, 2.05) is 36.4 Å². The molecule has 0 unspecified atom stereocenters. The molecule has 6 nitrogen and oxygen atoms in total. The lowest BCUT2D eigenvalue weighted by Gasteiger charge is -2.21. The molecule has 1 atom stereocenters. The predicted molar refractivity (Wildman–Crippen MR) is 96.8 cm³/mol. The summed E-state index contributed by atoms with van der Waals surface area (Å²) in [5.41, 5.74) is 3.50. The first-order valence-corrected chi connectivity index (χ1v) is 8.57. The van der Waals surface area contributed by atoms with E-state index < -0.39 is 5.60 Å². The number of nitrogens with one attached hydrogen (secondary N) is 1. The molecular formula is C20H19N5O. The Morgan fingerprint density at radius 1 is 1.19 bits per heavy atom. The molecule has 6 heteroatoms. The van der Waals surface area contributed by atoms with Gasteiger partial charge in [0.25, 0.3) is 0 Å². The minimum Gasteiger partial charge on any atom is -0.382 e. The largest absolute Gasteiger partial charge is 0.382 e. The number of rotatable bonds is 4. The molecule has 1 aliphatic rings. The van der Waals surface area contributed by atoms with Gasteiger partial charge in [-0.2, -0.15) is 20.7 Å². The van der Waals surface area contributed by atoms with Crippen molar-refractivity contribution < 1.29 is 5.11 Å². The maximum atomic E-state index is 10.8. The highest BCUT2D eigenvalue weighted by molar-refractivity contribution is 5.70. The number of benzene rings is 2. The number of hydrogen-bond donors (Lipinski definition) is 2. The third kappa shape index (κ3) is 3.10. The lowest BCUT2D eigenvalue weighted by Crippen LogP contribution is -2.31. The molecule has 1 fully saturated rings. The highest BCUT2D eigenvalue weighted by atomic mass is 16.3. The molecule has 0 spiro atoms. The van der Waals surface area contributed by atoms with Crippen LogP contribution in [0.4, 0.5) is 0 Å². The first-order chi connectivity index (χ1) is 12.7. The number of aromatic amines is 1. The Morgan fingerprint density at radius 2 is 2.00 bits per heavy atom. The van der Waals surface area contributed by atoms with Gasteiger partial charge >= 0.3 is 0 Å². The number of nitrogens with zero attached hydrogens (tertiary/aromatic N) is 4. The van der Waals surface area contributed by atoms with E-state index in [4.69, 9.17) is 0 Å². The molecule has 1 aliphatic heterocycles. The molecule has 1 saturated heterocycles. The van der Waals surface area contributed by atoms with Crippen molar-refractivity contribution in [2.75, 3.05) is 13.1 Å². The van der Waals surface area contributed by atoms with Gasteiger partial charge in [0, 0.05) is 19.6 Å². The zero-order valence-corrected chi connectivity index (χ0v) is 14.3. The van der Waals surface area contributed by atoms with E-state index in [0.29, 0.717) is 24.2 Å². The molecule has 130 valence electrons. The monoisotopic (exact) mass is 345 g/mol. The topological polar surface area (TPSA) is 88.8 Å². The number of β-amino-alcohol motifs (C(OH)–C–C–N with tert-alkyl or cyclic N) is 1. The molecule has 2 N–H and O–H groups in total. The van der Waals surface area contributed by atoms with Crippen molar-refractivity contribution in [3.63, 3.8) is 0 Å². The standard InChI is InChI=1S/C20H19N5O/c21-11-17-3-1-2-4-18(17)16-7-5-15(6-8-16)13-25-10-9-20(26,14-25)19-12-22-24-23-19/h1-8,12,26H,9-10,13-14H2,(H,22,23,24)/t20-/m1/s1. The number of H-pyrrole nitrogens is 1. The third-order valence-corrected chi connectivity index (χ3v) is 4.94. The van der Waals surface area contributed by atoms with Crippen molar-refractivity contribution in [2.45, 2.75) is 18.6 Å². The Hall–Kier alpha value is -3.01. The van der Waals surface area contributed by atoms with Gasteiger partial charge in [0.05, 0.1) is 17.8 Å². The molecule has 3 aromatic rings. The molecule has 1 aromatic heterocycles. The van der Waals surface area contributed by atoms with E-state index in [-0.39, 0.29) is 0 Å². The molecule has 0 amide bonds. The Labute approximate surface area is 151 Å². The SMILES string of the molecule is N#Cc1ccccc1-c1ccc(CN2CC[C@](O)(c3cn[nH]n3)C2)cc1. The van der Waals surface area contributed by atoms with Gasteiger partial charge in [-0.3, -0.25) is 4.90 Å². The summed E-state index contributed by atoms with van der Waals surface area (Å²) in [6, 6.07) is 18.1. The van der Waals surface area contributed by atoms with Gasteiger partial charge in [-0.05, 0) is 29.2 Å². The maximum Gasteiger partial charge on any atom is 0.124 e. The van der Waals surface area contributed by atoms with Crippen LogP contribution in [-0.2, 0) is 12.1 Å². The van der Waals surface area contributed by atoms with E-state index >= 15 is 0 Å². The van der Waals surface area contributed by atoms with Crippen molar-refractivity contribution in [3.8, 4) is 17.2 Å². The second-order valence-corrected chi connectivity index (χ2v) is 6.70. The molecule has 0 aliphatic carbocycles. The molecule has 0 bridgehead atoms. The van der Waals surface area contributed by atoms with Crippen molar-refractivity contribution >= 4 is 0 Å². The molecular weight excluding hydrogens is 326 g/mol. The zero-order valence-electron chi connectivity index (χ0n) is 14.3. The quantitative estimate of drug-likeness (QED) is 0.758. The van der Waals surface area contributed by atoms with E-state index in [1.165, 1.54) is 5.56 Å². The number of nitriles is 1. The average Bonchev–Trinajstić information content (AvgIpc) is 3.34. The van der Waals surface area contributed by atoms with Crippen molar-refractivity contribution in [1.82, 2.24) is 20.3 Å². The van der Waals surface area contributed by atoms with Crippen LogP contribution in [0.2, 0.25) is 0 Å². The molecule has 2 heterocycles. The Bertz CT molecular complexity index is 930. The lowest BCUT2D eigenvalue weighted by molar-refractivity contribution is 0.0409. The van der Waals surface area contributed by atoms with Crippen LogP contribution in [0.25, 0.3) is 11.1 Å². The second kappa shape index (κ2) is 6.71. The summed E-state index contributed by atoms with van der Waals surface area (Å²) in [6.45, 7) is 2.11. The summed E-state index contributed by atoms with van der Waals surface area (Å²) in [5.74, 6) is 0. The van der Waals surface area contributed by atoms with Crippen LogP contribution < -0.4 is 0 Å². The minimum atomic E-state index is -0.932. The van der Waals surface area contributed by atoms with Crippen LogP contribution in [0.5, 0.6) is 0 Å². The molecule has 2 aromatic carbocycles. The van der Waals surface area contributed by atoms with Crippen LogP contribution in [0, 0.1) is 11.3 Å². The third-order valence-electron chi connectivity index (χ3n) is 4.94. The van der Waals surface area contributed by atoms with Gasteiger partial charge in [0.15, 0.2) is 0 Å². The average molecular weight is 345 g/mol. The van der Waals surface area contributed by atoms with Crippen LogP contribution in [0.1, 0.15) is 23.2 Å². The highest BCUT2D eigenvalue weighted by Gasteiger charge is 2.39. The number of aliphatic hydroxyl groups is 1. The van der Waals surface area contributed by atoms with E-state index in [1.54, 1.807) is 6.20 Å². The van der Waals surface area contributed by atoms with Crippen molar-refractivity contribution in [3.05, 3.63) is 71.5 Å². The number of likely N-dealkylation sites (tertiary alicyclic amines) is 1.